The molecule has 1 aromatic carbocycles. The Hall–Kier alpha value is -2.41. The lowest BCUT2D eigenvalue weighted by atomic mass is 9.92. The SMILES string of the molecule is CN(c1nc(Nc2ccc(N3CCOCC3)cc2)ncc1F)C1CCC1. The normalized spacial score (nSPS) is 17.7. The van der Waals surface area contributed by atoms with Gasteiger partial charge in [-0.05, 0) is 43.5 Å². The van der Waals surface area contributed by atoms with Gasteiger partial charge in [-0.15, -0.1) is 0 Å². The van der Waals surface area contributed by atoms with Crippen molar-refractivity contribution in [2.45, 2.75) is 25.3 Å². The first-order valence-corrected chi connectivity index (χ1v) is 9.16. The first-order valence-electron chi connectivity index (χ1n) is 9.16. The molecular weight excluding hydrogens is 333 g/mol. The molecule has 1 N–H and O–H groups in total. The third-order valence-corrected chi connectivity index (χ3v) is 5.18. The minimum Gasteiger partial charge on any atom is -0.378 e. The Bertz CT molecular complexity index is 744. The summed E-state index contributed by atoms with van der Waals surface area (Å²) in [5, 5.41) is 3.17. The fraction of sp³-hybridized carbons (Fsp3) is 0.474. The molecule has 4 rings (SSSR count). The summed E-state index contributed by atoms with van der Waals surface area (Å²) in [6, 6.07) is 8.50. The van der Waals surface area contributed by atoms with E-state index in [2.05, 4.69) is 32.3 Å². The largest absolute Gasteiger partial charge is 0.378 e. The van der Waals surface area contributed by atoms with E-state index in [0.29, 0.717) is 17.8 Å². The maximum atomic E-state index is 14.1. The molecule has 0 unspecified atom stereocenters. The second-order valence-electron chi connectivity index (χ2n) is 6.83. The van der Waals surface area contributed by atoms with Crippen molar-refractivity contribution in [2.24, 2.45) is 0 Å². The van der Waals surface area contributed by atoms with Crippen LogP contribution in [0.15, 0.2) is 30.5 Å². The molecule has 0 amide bonds. The van der Waals surface area contributed by atoms with E-state index in [-0.39, 0.29) is 5.82 Å². The van der Waals surface area contributed by atoms with Crippen LogP contribution in [0.2, 0.25) is 0 Å². The van der Waals surface area contributed by atoms with E-state index in [1.165, 1.54) is 18.3 Å². The van der Waals surface area contributed by atoms with Crippen LogP contribution in [0.3, 0.4) is 0 Å². The molecule has 7 heteroatoms. The predicted octanol–water partition coefficient (Wildman–Crippen LogP) is 3.18. The van der Waals surface area contributed by atoms with Crippen LogP contribution >= 0.6 is 0 Å². The number of rotatable bonds is 5. The molecule has 0 atom stereocenters. The van der Waals surface area contributed by atoms with Crippen LogP contribution in [-0.4, -0.2) is 49.4 Å². The highest BCUT2D eigenvalue weighted by Gasteiger charge is 2.25. The van der Waals surface area contributed by atoms with Crippen molar-refractivity contribution >= 4 is 23.1 Å². The van der Waals surface area contributed by atoms with Crippen molar-refractivity contribution in [1.29, 1.82) is 0 Å². The van der Waals surface area contributed by atoms with Crippen LogP contribution in [-0.2, 0) is 4.74 Å². The van der Waals surface area contributed by atoms with Gasteiger partial charge in [0.15, 0.2) is 11.6 Å². The average Bonchev–Trinajstić information content (AvgIpc) is 2.63. The van der Waals surface area contributed by atoms with E-state index in [9.17, 15) is 4.39 Å². The molecule has 26 heavy (non-hydrogen) atoms. The Kier molecular flexibility index (Phi) is 4.88. The highest BCUT2D eigenvalue weighted by atomic mass is 19.1. The van der Waals surface area contributed by atoms with Gasteiger partial charge in [-0.2, -0.15) is 4.98 Å². The fourth-order valence-corrected chi connectivity index (χ4v) is 3.32. The molecule has 1 saturated heterocycles. The van der Waals surface area contributed by atoms with Gasteiger partial charge in [0, 0.05) is 37.6 Å². The molecule has 1 aliphatic carbocycles. The van der Waals surface area contributed by atoms with E-state index in [1.54, 1.807) is 0 Å². The molecule has 1 saturated carbocycles. The van der Waals surface area contributed by atoms with Crippen LogP contribution in [0.25, 0.3) is 0 Å². The number of nitrogens with one attached hydrogen (secondary N) is 1. The Morgan fingerprint density at radius 2 is 1.92 bits per heavy atom. The average molecular weight is 357 g/mol. The minimum absolute atomic E-state index is 0.358. The smallest absolute Gasteiger partial charge is 0.229 e. The summed E-state index contributed by atoms with van der Waals surface area (Å²) < 4.78 is 19.5. The van der Waals surface area contributed by atoms with Gasteiger partial charge in [0.1, 0.15) is 0 Å². The van der Waals surface area contributed by atoms with Crippen LogP contribution in [0.4, 0.5) is 27.5 Å². The number of nitrogens with zero attached hydrogens (tertiary/aromatic N) is 4. The topological polar surface area (TPSA) is 53.5 Å². The molecule has 2 aromatic rings. The van der Waals surface area contributed by atoms with E-state index in [1.807, 2.05) is 24.1 Å². The Balaban J connectivity index is 1.46. The molecule has 1 aliphatic heterocycles. The summed E-state index contributed by atoms with van der Waals surface area (Å²) in [7, 11) is 1.90. The van der Waals surface area contributed by atoms with Gasteiger partial charge < -0.3 is 19.9 Å². The lowest BCUT2D eigenvalue weighted by Crippen LogP contribution is -2.38. The maximum Gasteiger partial charge on any atom is 0.229 e. The van der Waals surface area contributed by atoms with Crippen LogP contribution < -0.4 is 15.1 Å². The summed E-state index contributed by atoms with van der Waals surface area (Å²) >= 11 is 0. The lowest BCUT2D eigenvalue weighted by Gasteiger charge is -2.35. The first kappa shape index (κ1) is 17.0. The number of benzene rings is 1. The third-order valence-electron chi connectivity index (χ3n) is 5.18. The number of ether oxygens (including phenoxy) is 1. The van der Waals surface area contributed by atoms with E-state index < -0.39 is 0 Å². The van der Waals surface area contributed by atoms with E-state index >= 15 is 0 Å². The van der Waals surface area contributed by atoms with Gasteiger partial charge in [-0.3, -0.25) is 0 Å². The Morgan fingerprint density at radius 1 is 1.19 bits per heavy atom. The molecule has 0 bridgehead atoms. The fourth-order valence-electron chi connectivity index (χ4n) is 3.32. The van der Waals surface area contributed by atoms with Gasteiger partial charge in [0.05, 0.1) is 19.4 Å². The van der Waals surface area contributed by atoms with Crippen molar-refractivity contribution < 1.29 is 9.13 Å². The predicted molar refractivity (Wildman–Crippen MR) is 101 cm³/mol. The van der Waals surface area contributed by atoms with Gasteiger partial charge in [-0.1, -0.05) is 0 Å². The zero-order chi connectivity index (χ0) is 17.9. The Labute approximate surface area is 153 Å². The third kappa shape index (κ3) is 3.58. The summed E-state index contributed by atoms with van der Waals surface area (Å²) in [5.74, 6) is 0.386. The number of aromatic nitrogens is 2. The van der Waals surface area contributed by atoms with Crippen molar-refractivity contribution in [1.82, 2.24) is 9.97 Å². The van der Waals surface area contributed by atoms with Crippen LogP contribution in [0.5, 0.6) is 0 Å². The monoisotopic (exact) mass is 357 g/mol. The quantitative estimate of drug-likeness (QED) is 0.887. The van der Waals surface area contributed by atoms with Crippen molar-refractivity contribution in [3.05, 3.63) is 36.3 Å². The molecule has 6 nitrogen and oxygen atoms in total. The molecule has 2 heterocycles. The number of hydrogen-bond donors (Lipinski definition) is 1. The molecule has 0 radical (unpaired) electrons. The summed E-state index contributed by atoms with van der Waals surface area (Å²) in [5.41, 5.74) is 2.05. The molecule has 1 aromatic heterocycles. The van der Waals surface area contributed by atoms with Crippen molar-refractivity contribution in [2.75, 3.05) is 48.5 Å². The number of anilines is 4. The van der Waals surface area contributed by atoms with Gasteiger partial charge in [-0.25, -0.2) is 9.37 Å². The summed E-state index contributed by atoms with van der Waals surface area (Å²) in [6.45, 7) is 3.34. The zero-order valence-electron chi connectivity index (χ0n) is 15.0. The van der Waals surface area contributed by atoms with Gasteiger partial charge in [0.2, 0.25) is 5.95 Å². The molecule has 2 aliphatic rings. The van der Waals surface area contributed by atoms with Gasteiger partial charge in [0.25, 0.3) is 0 Å². The number of morpholine rings is 1. The van der Waals surface area contributed by atoms with Gasteiger partial charge >= 0.3 is 0 Å². The second-order valence-corrected chi connectivity index (χ2v) is 6.83. The first-order chi connectivity index (χ1) is 12.7. The summed E-state index contributed by atoms with van der Waals surface area (Å²) in [6.07, 6.45) is 4.61. The summed E-state index contributed by atoms with van der Waals surface area (Å²) in [4.78, 5) is 12.7. The highest BCUT2D eigenvalue weighted by molar-refractivity contribution is 5.60. The van der Waals surface area contributed by atoms with E-state index in [0.717, 1.165) is 44.8 Å². The maximum absolute atomic E-state index is 14.1. The van der Waals surface area contributed by atoms with E-state index in [4.69, 9.17) is 4.74 Å². The van der Waals surface area contributed by atoms with Crippen LogP contribution in [0.1, 0.15) is 19.3 Å². The van der Waals surface area contributed by atoms with Crippen molar-refractivity contribution in [3.8, 4) is 0 Å². The van der Waals surface area contributed by atoms with Crippen molar-refractivity contribution in [3.63, 3.8) is 0 Å². The standard InChI is InChI=1S/C19H24FN5O/c1-24(15-3-2-4-15)18-17(20)13-21-19(23-18)22-14-5-7-16(8-6-14)25-9-11-26-12-10-25/h5-8,13,15H,2-4,9-12H2,1H3,(H,21,22,23). The molecular formula is C19H24FN5O. The zero-order valence-corrected chi connectivity index (χ0v) is 15.0. The second kappa shape index (κ2) is 7.45. The minimum atomic E-state index is -0.382. The Morgan fingerprint density at radius 3 is 2.58 bits per heavy atom. The molecule has 2 fully saturated rings. The molecule has 138 valence electrons. The number of halogens is 1. The van der Waals surface area contributed by atoms with Crippen LogP contribution in [0, 0.1) is 5.82 Å². The number of hydrogen-bond acceptors (Lipinski definition) is 6. The highest BCUT2D eigenvalue weighted by Crippen LogP contribution is 2.29. The molecule has 0 spiro atoms. The lowest BCUT2D eigenvalue weighted by molar-refractivity contribution is 0.122.